The first kappa shape index (κ1) is 14.7. The minimum absolute atomic E-state index is 0.0155. The van der Waals surface area contributed by atoms with E-state index in [0.29, 0.717) is 16.8 Å². The molecule has 0 aromatic heterocycles. The van der Waals surface area contributed by atoms with E-state index in [4.69, 9.17) is 4.74 Å². The smallest absolute Gasteiger partial charge is 0.376 e. The Bertz CT molecular complexity index is 477. The van der Waals surface area contributed by atoms with E-state index >= 15 is 0 Å². The number of halogens is 4. The van der Waals surface area contributed by atoms with Crippen LogP contribution in [-0.4, -0.2) is 18.2 Å². The van der Waals surface area contributed by atoms with E-state index in [9.17, 15) is 13.2 Å². The van der Waals surface area contributed by atoms with Crippen LogP contribution in [-0.2, 0) is 10.9 Å². The van der Waals surface area contributed by atoms with Gasteiger partial charge in [0.1, 0.15) is 0 Å². The Balaban J connectivity index is 2.23. The van der Waals surface area contributed by atoms with E-state index in [1.54, 1.807) is 0 Å². The molecule has 1 heterocycles. The number of ether oxygens (including phenoxy) is 1. The molecule has 1 aliphatic heterocycles. The number of rotatable bonds is 2. The second-order valence-electron chi connectivity index (χ2n) is 5.00. The van der Waals surface area contributed by atoms with Crippen molar-refractivity contribution in [2.24, 2.45) is 0 Å². The molecule has 106 valence electrons. The zero-order valence-electron chi connectivity index (χ0n) is 10.6. The van der Waals surface area contributed by atoms with Gasteiger partial charge in [-0.3, -0.25) is 0 Å². The van der Waals surface area contributed by atoms with Gasteiger partial charge in [-0.2, -0.15) is 13.2 Å². The van der Waals surface area contributed by atoms with Gasteiger partial charge in [0.15, 0.2) is 0 Å². The molecule has 0 amide bonds. The number of hydrogen-bond donors (Lipinski definition) is 1. The van der Waals surface area contributed by atoms with Gasteiger partial charge in [0, 0.05) is 16.8 Å². The van der Waals surface area contributed by atoms with Gasteiger partial charge in [-0.1, -0.05) is 0 Å². The van der Waals surface area contributed by atoms with Crippen LogP contribution in [0, 0.1) is 0 Å². The van der Waals surface area contributed by atoms with Crippen molar-refractivity contribution in [1.29, 1.82) is 0 Å². The maximum atomic E-state index is 12.6. The van der Waals surface area contributed by atoms with Crippen molar-refractivity contribution in [2.45, 2.75) is 38.1 Å². The average molecular weight is 338 g/mol. The van der Waals surface area contributed by atoms with E-state index in [1.807, 2.05) is 13.8 Å². The van der Waals surface area contributed by atoms with E-state index in [-0.39, 0.29) is 11.6 Å². The lowest BCUT2D eigenvalue weighted by Gasteiger charge is -2.30. The highest BCUT2D eigenvalue weighted by atomic mass is 79.9. The molecule has 2 atom stereocenters. The van der Waals surface area contributed by atoms with Crippen LogP contribution >= 0.6 is 15.9 Å². The second kappa shape index (κ2) is 4.98. The molecule has 0 saturated carbocycles. The lowest BCUT2D eigenvalue weighted by atomic mass is 9.94. The summed E-state index contributed by atoms with van der Waals surface area (Å²) in [6.45, 7) is 4.62. The number of alkyl halides is 3. The summed E-state index contributed by atoms with van der Waals surface area (Å²) in [7, 11) is 0. The Labute approximate surface area is 118 Å². The van der Waals surface area contributed by atoms with E-state index in [1.165, 1.54) is 6.07 Å². The molecule has 0 bridgehead atoms. The molecule has 6 heteroatoms. The summed E-state index contributed by atoms with van der Waals surface area (Å²) >= 11 is 3.19. The minimum Gasteiger partial charge on any atom is -0.376 e. The van der Waals surface area contributed by atoms with Crippen molar-refractivity contribution in [3.05, 3.63) is 28.2 Å². The maximum absolute atomic E-state index is 12.6. The topological polar surface area (TPSA) is 21.3 Å². The molecular formula is C13H15BrF3NO. The second-order valence-corrected chi connectivity index (χ2v) is 5.85. The first-order chi connectivity index (χ1) is 8.72. The third-order valence-electron chi connectivity index (χ3n) is 3.60. The first-order valence-electron chi connectivity index (χ1n) is 5.99. The van der Waals surface area contributed by atoms with Gasteiger partial charge in [-0.25, -0.2) is 0 Å². The summed E-state index contributed by atoms with van der Waals surface area (Å²) in [6.07, 6.45) is -3.49. The monoisotopic (exact) mass is 337 g/mol. The van der Waals surface area contributed by atoms with Crippen LogP contribution in [0.25, 0.3) is 0 Å². The molecule has 1 aliphatic rings. The molecule has 1 saturated heterocycles. The summed E-state index contributed by atoms with van der Waals surface area (Å²) in [5.74, 6) is 0. The van der Waals surface area contributed by atoms with Crippen LogP contribution in [0.5, 0.6) is 0 Å². The standard InChI is InChI=1S/C13H15BrF3NO/c1-8-12(2,5-6-19-8)18-11-4-3-9(7-10(11)14)13(15,16)17/h3-4,7-8,18H,5-6H2,1-2H3. The fourth-order valence-corrected chi connectivity index (χ4v) is 2.58. The van der Waals surface area contributed by atoms with Gasteiger partial charge in [-0.05, 0) is 54.4 Å². The van der Waals surface area contributed by atoms with Crippen molar-refractivity contribution < 1.29 is 17.9 Å². The third-order valence-corrected chi connectivity index (χ3v) is 4.26. The molecule has 19 heavy (non-hydrogen) atoms. The van der Waals surface area contributed by atoms with Gasteiger partial charge in [0.25, 0.3) is 0 Å². The third kappa shape index (κ3) is 3.05. The van der Waals surface area contributed by atoms with Gasteiger partial charge >= 0.3 is 6.18 Å². The molecule has 2 nitrogen and oxygen atoms in total. The lowest BCUT2D eigenvalue weighted by molar-refractivity contribution is -0.137. The number of benzene rings is 1. The van der Waals surface area contributed by atoms with E-state index in [2.05, 4.69) is 21.2 Å². The summed E-state index contributed by atoms with van der Waals surface area (Å²) < 4.78 is 43.6. The molecule has 1 aromatic carbocycles. The van der Waals surface area contributed by atoms with Crippen molar-refractivity contribution in [3.8, 4) is 0 Å². The summed E-state index contributed by atoms with van der Waals surface area (Å²) in [5, 5.41) is 3.27. The first-order valence-corrected chi connectivity index (χ1v) is 6.78. The van der Waals surface area contributed by atoms with E-state index < -0.39 is 11.7 Å². The van der Waals surface area contributed by atoms with Crippen LogP contribution in [0.2, 0.25) is 0 Å². The van der Waals surface area contributed by atoms with Crippen molar-refractivity contribution in [3.63, 3.8) is 0 Å². The molecule has 0 spiro atoms. The summed E-state index contributed by atoms with van der Waals surface area (Å²) in [5.41, 5.74) is -0.277. The summed E-state index contributed by atoms with van der Waals surface area (Å²) in [4.78, 5) is 0. The molecule has 1 N–H and O–H groups in total. The Morgan fingerprint density at radius 2 is 2.11 bits per heavy atom. The Hall–Kier alpha value is -0.750. The normalized spacial score (nSPS) is 27.6. The Kier molecular flexibility index (Phi) is 3.84. The average Bonchev–Trinajstić information content (AvgIpc) is 2.61. The van der Waals surface area contributed by atoms with Gasteiger partial charge in [0.05, 0.1) is 17.2 Å². The van der Waals surface area contributed by atoms with Crippen LogP contribution in [0.3, 0.4) is 0 Å². The van der Waals surface area contributed by atoms with Crippen LogP contribution in [0.15, 0.2) is 22.7 Å². The molecular weight excluding hydrogens is 323 g/mol. The van der Waals surface area contributed by atoms with Crippen molar-refractivity contribution >= 4 is 21.6 Å². The van der Waals surface area contributed by atoms with Gasteiger partial charge in [-0.15, -0.1) is 0 Å². The summed E-state index contributed by atoms with van der Waals surface area (Å²) in [6, 6.07) is 3.62. The SMILES string of the molecule is CC1OCCC1(C)Nc1ccc(C(F)(F)F)cc1Br. The predicted octanol–water partition coefficient (Wildman–Crippen LogP) is 4.45. The van der Waals surface area contributed by atoms with Crippen LogP contribution in [0.4, 0.5) is 18.9 Å². The van der Waals surface area contributed by atoms with Crippen molar-refractivity contribution in [2.75, 3.05) is 11.9 Å². The quantitative estimate of drug-likeness (QED) is 0.860. The number of nitrogens with one attached hydrogen (secondary N) is 1. The number of anilines is 1. The molecule has 1 fully saturated rings. The molecule has 2 rings (SSSR count). The molecule has 2 unspecified atom stereocenters. The molecule has 1 aromatic rings. The Morgan fingerprint density at radius 3 is 2.58 bits per heavy atom. The highest BCUT2D eigenvalue weighted by Crippen LogP contribution is 2.36. The fraction of sp³-hybridized carbons (Fsp3) is 0.538. The minimum atomic E-state index is -4.32. The predicted molar refractivity (Wildman–Crippen MR) is 71.2 cm³/mol. The highest BCUT2D eigenvalue weighted by Gasteiger charge is 2.37. The number of hydrogen-bond acceptors (Lipinski definition) is 2. The van der Waals surface area contributed by atoms with Gasteiger partial charge < -0.3 is 10.1 Å². The fourth-order valence-electron chi connectivity index (χ4n) is 2.10. The van der Waals surface area contributed by atoms with Crippen molar-refractivity contribution in [1.82, 2.24) is 0 Å². The van der Waals surface area contributed by atoms with Crippen LogP contribution in [0.1, 0.15) is 25.8 Å². The Morgan fingerprint density at radius 1 is 1.42 bits per heavy atom. The molecule has 0 aliphatic carbocycles. The maximum Gasteiger partial charge on any atom is 0.416 e. The van der Waals surface area contributed by atoms with Crippen LogP contribution < -0.4 is 5.32 Å². The highest BCUT2D eigenvalue weighted by molar-refractivity contribution is 9.10. The molecule has 0 radical (unpaired) electrons. The van der Waals surface area contributed by atoms with E-state index in [0.717, 1.165) is 18.6 Å². The van der Waals surface area contributed by atoms with Gasteiger partial charge in [0.2, 0.25) is 0 Å². The zero-order valence-corrected chi connectivity index (χ0v) is 12.2. The zero-order chi connectivity index (χ0) is 14.3. The lowest BCUT2D eigenvalue weighted by Crippen LogP contribution is -2.41. The largest absolute Gasteiger partial charge is 0.416 e.